The molecule has 6 heteroatoms. The lowest BCUT2D eigenvalue weighted by molar-refractivity contribution is -0.120. The molecule has 1 aliphatic carbocycles. The highest BCUT2D eigenvalue weighted by Gasteiger charge is 2.21. The van der Waals surface area contributed by atoms with E-state index in [-0.39, 0.29) is 17.7 Å². The van der Waals surface area contributed by atoms with E-state index in [4.69, 9.17) is 0 Å². The van der Waals surface area contributed by atoms with Crippen LogP contribution in [0.15, 0.2) is 48.5 Å². The quantitative estimate of drug-likeness (QED) is 0.675. The number of hydrogen-bond acceptors (Lipinski definition) is 4. The van der Waals surface area contributed by atoms with Gasteiger partial charge in [-0.15, -0.1) is 0 Å². The Balaban J connectivity index is 1.29. The molecular weight excluding hydrogens is 412 g/mol. The predicted octanol–water partition coefficient (Wildman–Crippen LogP) is 3.88. The van der Waals surface area contributed by atoms with Crippen LogP contribution in [-0.4, -0.2) is 54.8 Å². The molecule has 0 spiro atoms. The van der Waals surface area contributed by atoms with Gasteiger partial charge in [-0.3, -0.25) is 14.5 Å². The highest BCUT2D eigenvalue weighted by Crippen LogP contribution is 2.25. The number of benzene rings is 2. The van der Waals surface area contributed by atoms with Gasteiger partial charge in [0.25, 0.3) is 5.91 Å². The van der Waals surface area contributed by atoms with Crippen molar-refractivity contribution in [2.75, 3.05) is 38.5 Å². The Bertz CT molecular complexity index is 947. The van der Waals surface area contributed by atoms with Crippen molar-refractivity contribution in [2.24, 2.45) is 5.92 Å². The lowest BCUT2D eigenvalue weighted by atomic mass is 9.88. The lowest BCUT2D eigenvalue weighted by Crippen LogP contribution is -2.43. The molecule has 4 rings (SSSR count). The largest absolute Gasteiger partial charge is 0.348 e. The van der Waals surface area contributed by atoms with E-state index < -0.39 is 0 Å². The zero-order chi connectivity index (χ0) is 23.0. The second kappa shape index (κ2) is 11.4. The third kappa shape index (κ3) is 6.89. The summed E-state index contributed by atoms with van der Waals surface area (Å²) in [5, 5.41) is 6.03. The first kappa shape index (κ1) is 23.5. The summed E-state index contributed by atoms with van der Waals surface area (Å²) in [5.41, 5.74) is 3.62. The molecule has 0 bridgehead atoms. The summed E-state index contributed by atoms with van der Waals surface area (Å²) in [7, 11) is 2.17. The predicted molar refractivity (Wildman–Crippen MR) is 132 cm³/mol. The maximum Gasteiger partial charge on any atom is 0.251 e. The van der Waals surface area contributed by atoms with Crippen molar-refractivity contribution >= 4 is 17.5 Å². The zero-order valence-corrected chi connectivity index (χ0v) is 19.7. The van der Waals surface area contributed by atoms with Crippen LogP contribution in [0, 0.1) is 5.92 Å². The Morgan fingerprint density at radius 3 is 2.42 bits per heavy atom. The Morgan fingerprint density at radius 2 is 1.64 bits per heavy atom. The van der Waals surface area contributed by atoms with Gasteiger partial charge >= 0.3 is 0 Å². The standard InChI is InChI=1S/C27H36N4O2/c1-30-13-15-31(16-14-30)20-22-8-5-7-21(17-22)19-28-26(32)24-11-6-12-25(18-24)29-27(33)23-9-3-2-4-10-23/h5-8,11-12,17-18,23H,2-4,9-10,13-16,19-20H2,1H3,(H,28,32)(H,29,33). The van der Waals surface area contributed by atoms with E-state index in [1.54, 1.807) is 12.1 Å². The number of nitrogens with one attached hydrogen (secondary N) is 2. The van der Waals surface area contributed by atoms with Crippen LogP contribution in [-0.2, 0) is 17.9 Å². The lowest BCUT2D eigenvalue weighted by Gasteiger charge is -2.32. The van der Waals surface area contributed by atoms with Crippen molar-refractivity contribution < 1.29 is 9.59 Å². The fraction of sp³-hybridized carbons (Fsp3) is 0.481. The minimum atomic E-state index is -0.131. The van der Waals surface area contributed by atoms with Crippen molar-refractivity contribution in [3.05, 3.63) is 65.2 Å². The van der Waals surface area contributed by atoms with Gasteiger partial charge < -0.3 is 15.5 Å². The van der Waals surface area contributed by atoms with Crippen LogP contribution in [0.3, 0.4) is 0 Å². The summed E-state index contributed by atoms with van der Waals surface area (Å²) in [6.45, 7) is 5.81. The number of rotatable bonds is 7. The van der Waals surface area contributed by atoms with Gasteiger partial charge in [-0.25, -0.2) is 0 Å². The summed E-state index contributed by atoms with van der Waals surface area (Å²) < 4.78 is 0. The summed E-state index contributed by atoms with van der Waals surface area (Å²) in [4.78, 5) is 30.1. The summed E-state index contributed by atoms with van der Waals surface area (Å²) in [6, 6.07) is 15.7. The van der Waals surface area contributed by atoms with E-state index in [2.05, 4.69) is 51.7 Å². The zero-order valence-electron chi connectivity index (χ0n) is 19.7. The van der Waals surface area contributed by atoms with Crippen LogP contribution in [0.25, 0.3) is 0 Å². The number of nitrogens with zero attached hydrogens (tertiary/aromatic N) is 2. The molecule has 0 unspecified atom stereocenters. The van der Waals surface area contributed by atoms with Crippen LogP contribution < -0.4 is 10.6 Å². The van der Waals surface area contributed by atoms with Gasteiger partial charge in [-0.05, 0) is 49.2 Å². The molecule has 1 aliphatic heterocycles. The monoisotopic (exact) mass is 448 g/mol. The first-order valence-electron chi connectivity index (χ1n) is 12.2. The Kier molecular flexibility index (Phi) is 8.13. The van der Waals surface area contributed by atoms with Crippen LogP contribution in [0.5, 0.6) is 0 Å². The number of carbonyl (C=O) groups excluding carboxylic acids is 2. The normalized spacial score (nSPS) is 18.1. The topological polar surface area (TPSA) is 64.7 Å². The second-order valence-corrected chi connectivity index (χ2v) is 9.49. The van der Waals surface area contributed by atoms with Crippen LogP contribution in [0.2, 0.25) is 0 Å². The fourth-order valence-corrected chi connectivity index (χ4v) is 4.73. The van der Waals surface area contributed by atoms with E-state index in [9.17, 15) is 9.59 Å². The van der Waals surface area contributed by atoms with Gasteiger partial charge in [0.05, 0.1) is 0 Å². The minimum Gasteiger partial charge on any atom is -0.348 e. The summed E-state index contributed by atoms with van der Waals surface area (Å²) >= 11 is 0. The van der Waals surface area contributed by atoms with Gasteiger partial charge in [-0.2, -0.15) is 0 Å². The molecule has 1 saturated heterocycles. The molecule has 2 N–H and O–H groups in total. The van der Waals surface area contributed by atoms with Crippen molar-refractivity contribution in [2.45, 2.75) is 45.2 Å². The van der Waals surface area contributed by atoms with Crippen molar-refractivity contribution in [1.29, 1.82) is 0 Å². The molecule has 33 heavy (non-hydrogen) atoms. The third-order valence-electron chi connectivity index (χ3n) is 6.81. The molecule has 2 aromatic rings. The van der Waals surface area contributed by atoms with Gasteiger partial charge in [0.2, 0.25) is 5.91 Å². The van der Waals surface area contributed by atoms with Crippen LogP contribution >= 0.6 is 0 Å². The first-order chi connectivity index (χ1) is 16.1. The fourth-order valence-electron chi connectivity index (χ4n) is 4.73. The number of carbonyl (C=O) groups is 2. The highest BCUT2D eigenvalue weighted by atomic mass is 16.2. The molecule has 0 aromatic heterocycles. The molecule has 2 amide bonds. The minimum absolute atomic E-state index is 0.0735. The molecular formula is C27H36N4O2. The molecule has 6 nitrogen and oxygen atoms in total. The molecule has 2 fully saturated rings. The number of anilines is 1. The van der Waals surface area contributed by atoms with E-state index in [1.165, 1.54) is 12.0 Å². The highest BCUT2D eigenvalue weighted by molar-refractivity contribution is 5.97. The van der Waals surface area contributed by atoms with Gasteiger partial charge in [-0.1, -0.05) is 49.6 Å². The number of hydrogen-bond donors (Lipinski definition) is 2. The molecule has 0 radical (unpaired) electrons. The van der Waals surface area contributed by atoms with Crippen molar-refractivity contribution in [3.63, 3.8) is 0 Å². The number of piperazine rings is 1. The van der Waals surface area contributed by atoms with E-state index in [0.29, 0.717) is 17.8 Å². The molecule has 2 aromatic carbocycles. The van der Waals surface area contributed by atoms with Gasteiger partial charge in [0, 0.05) is 56.4 Å². The van der Waals surface area contributed by atoms with E-state index >= 15 is 0 Å². The maximum absolute atomic E-state index is 12.8. The molecule has 176 valence electrons. The van der Waals surface area contributed by atoms with Crippen LogP contribution in [0.4, 0.5) is 5.69 Å². The maximum atomic E-state index is 12.8. The number of amides is 2. The Hall–Kier alpha value is -2.70. The molecule has 1 saturated carbocycles. The third-order valence-corrected chi connectivity index (χ3v) is 6.81. The second-order valence-electron chi connectivity index (χ2n) is 9.49. The average Bonchev–Trinajstić information content (AvgIpc) is 2.85. The molecule has 2 aliphatic rings. The Morgan fingerprint density at radius 1 is 0.909 bits per heavy atom. The smallest absolute Gasteiger partial charge is 0.251 e. The van der Waals surface area contributed by atoms with Gasteiger partial charge in [0.1, 0.15) is 0 Å². The molecule has 0 atom stereocenters. The van der Waals surface area contributed by atoms with Crippen LogP contribution in [0.1, 0.15) is 53.6 Å². The first-order valence-corrected chi connectivity index (χ1v) is 12.2. The summed E-state index contributed by atoms with van der Waals surface area (Å²) in [5.74, 6) is 0.0343. The van der Waals surface area contributed by atoms with E-state index in [1.807, 2.05) is 12.1 Å². The number of likely N-dealkylation sites (N-methyl/N-ethyl adjacent to an activating group) is 1. The molecule has 1 heterocycles. The Labute approximate surface area is 197 Å². The summed E-state index contributed by atoms with van der Waals surface area (Å²) in [6.07, 6.45) is 5.38. The van der Waals surface area contributed by atoms with E-state index in [0.717, 1.165) is 64.0 Å². The average molecular weight is 449 g/mol. The SMILES string of the molecule is CN1CCN(Cc2cccc(CNC(=O)c3cccc(NC(=O)C4CCCCC4)c3)c2)CC1. The van der Waals surface area contributed by atoms with Crippen molar-refractivity contribution in [1.82, 2.24) is 15.1 Å². The van der Waals surface area contributed by atoms with Crippen molar-refractivity contribution in [3.8, 4) is 0 Å². The van der Waals surface area contributed by atoms with Gasteiger partial charge in [0.15, 0.2) is 0 Å².